The van der Waals surface area contributed by atoms with Gasteiger partial charge in [-0.15, -0.1) is 0 Å². The molecule has 1 N–H and O–H groups in total. The highest BCUT2D eigenvalue weighted by Gasteiger charge is 1.97. The van der Waals surface area contributed by atoms with E-state index in [1.165, 1.54) is 12.2 Å². The second kappa shape index (κ2) is 7.53. The molecule has 0 aliphatic rings. The number of thioether (sulfide) groups is 1. The van der Waals surface area contributed by atoms with Crippen LogP contribution in [0.25, 0.3) is 0 Å². The van der Waals surface area contributed by atoms with Crippen LogP contribution in [0, 0.1) is 0 Å². The Morgan fingerprint density at radius 1 is 1.50 bits per heavy atom. The van der Waals surface area contributed by atoms with Gasteiger partial charge < -0.3 is 5.32 Å². The van der Waals surface area contributed by atoms with Gasteiger partial charge in [0.15, 0.2) is 0 Å². The minimum Gasteiger partial charge on any atom is -0.388 e. The number of hydrogen-bond donors (Lipinski definition) is 1. The molecule has 0 aromatic carbocycles. The highest BCUT2D eigenvalue weighted by atomic mass is 32.2. The van der Waals surface area contributed by atoms with E-state index in [9.17, 15) is 0 Å². The van der Waals surface area contributed by atoms with Gasteiger partial charge in [0.05, 0.1) is 0 Å². The predicted octanol–water partition coefficient (Wildman–Crippen LogP) is 3.03. The molecule has 1 unspecified atom stereocenters. The fourth-order valence-corrected chi connectivity index (χ4v) is 1.59. The zero-order valence-corrected chi connectivity index (χ0v) is 9.34. The first-order valence-electron chi connectivity index (χ1n) is 4.73. The summed E-state index contributed by atoms with van der Waals surface area (Å²) in [5.74, 6) is 1.19. The summed E-state index contributed by atoms with van der Waals surface area (Å²) in [7, 11) is 0. The first kappa shape index (κ1) is 11.9. The zero-order valence-electron chi connectivity index (χ0n) is 8.52. The maximum atomic E-state index is 3.89. The van der Waals surface area contributed by atoms with Crippen molar-refractivity contribution in [3.05, 3.63) is 12.3 Å². The lowest BCUT2D eigenvalue weighted by Gasteiger charge is -2.10. The Kier molecular flexibility index (Phi) is 7.47. The molecule has 12 heavy (non-hydrogen) atoms. The largest absolute Gasteiger partial charge is 0.388 e. The Labute approximate surface area is 81.0 Å². The van der Waals surface area contributed by atoms with E-state index in [1.54, 1.807) is 0 Å². The van der Waals surface area contributed by atoms with Crippen LogP contribution >= 0.6 is 11.8 Å². The molecule has 0 aliphatic carbocycles. The van der Waals surface area contributed by atoms with Crippen LogP contribution < -0.4 is 5.32 Å². The van der Waals surface area contributed by atoms with Crippen LogP contribution in [0.1, 0.15) is 33.6 Å². The van der Waals surface area contributed by atoms with E-state index in [2.05, 4.69) is 32.7 Å². The van der Waals surface area contributed by atoms with E-state index in [-0.39, 0.29) is 0 Å². The van der Waals surface area contributed by atoms with Crippen molar-refractivity contribution < 1.29 is 0 Å². The van der Waals surface area contributed by atoms with Gasteiger partial charge in [0.25, 0.3) is 0 Å². The van der Waals surface area contributed by atoms with Crippen molar-refractivity contribution in [3.8, 4) is 0 Å². The molecule has 0 bridgehead atoms. The van der Waals surface area contributed by atoms with Gasteiger partial charge in [-0.25, -0.2) is 0 Å². The molecule has 2 heteroatoms. The molecule has 0 fully saturated rings. The van der Waals surface area contributed by atoms with E-state index in [0.717, 1.165) is 23.9 Å². The third-order valence-electron chi connectivity index (χ3n) is 1.88. The van der Waals surface area contributed by atoms with Crippen LogP contribution in [0.4, 0.5) is 0 Å². The standard InChI is InChI=1S/C10H21NS/c1-5-9(3)11-7-8-12-10(4)6-2/h10-11H,3,5-8H2,1-2,4H3. The minimum atomic E-state index is 0.793. The molecule has 0 aromatic rings. The van der Waals surface area contributed by atoms with Crippen molar-refractivity contribution in [1.29, 1.82) is 0 Å². The number of rotatable bonds is 7. The lowest BCUT2D eigenvalue weighted by Crippen LogP contribution is -2.16. The average molecular weight is 187 g/mol. The summed E-state index contributed by atoms with van der Waals surface area (Å²) in [5, 5.41) is 4.09. The molecule has 0 rings (SSSR count). The summed E-state index contributed by atoms with van der Waals surface area (Å²) in [6.07, 6.45) is 2.30. The third-order valence-corrected chi connectivity index (χ3v) is 3.22. The third kappa shape index (κ3) is 6.59. The second-order valence-corrected chi connectivity index (χ2v) is 4.52. The average Bonchev–Trinajstić information content (AvgIpc) is 2.11. The van der Waals surface area contributed by atoms with Gasteiger partial charge in [0.1, 0.15) is 0 Å². The maximum Gasteiger partial charge on any atom is 0.0234 e. The molecule has 0 spiro atoms. The van der Waals surface area contributed by atoms with Crippen molar-refractivity contribution in [2.24, 2.45) is 0 Å². The van der Waals surface area contributed by atoms with E-state index in [1.807, 2.05) is 11.8 Å². The molecule has 72 valence electrons. The van der Waals surface area contributed by atoms with E-state index in [0.29, 0.717) is 0 Å². The molecule has 0 saturated carbocycles. The zero-order chi connectivity index (χ0) is 9.40. The summed E-state index contributed by atoms with van der Waals surface area (Å²) in [5.41, 5.74) is 1.15. The van der Waals surface area contributed by atoms with Crippen molar-refractivity contribution in [2.75, 3.05) is 12.3 Å². The Hall–Kier alpha value is -0.110. The number of allylic oxidation sites excluding steroid dienone is 1. The lowest BCUT2D eigenvalue weighted by molar-refractivity contribution is 0.814. The van der Waals surface area contributed by atoms with Crippen LogP contribution in [-0.4, -0.2) is 17.5 Å². The van der Waals surface area contributed by atoms with Crippen molar-refractivity contribution in [2.45, 2.75) is 38.9 Å². The van der Waals surface area contributed by atoms with Crippen LogP contribution in [-0.2, 0) is 0 Å². The van der Waals surface area contributed by atoms with Crippen LogP contribution in [0.15, 0.2) is 12.3 Å². The first-order valence-corrected chi connectivity index (χ1v) is 5.78. The Balaban J connectivity index is 3.15. The summed E-state index contributed by atoms with van der Waals surface area (Å²) in [4.78, 5) is 0. The molecular weight excluding hydrogens is 166 g/mol. The van der Waals surface area contributed by atoms with Crippen LogP contribution in [0.5, 0.6) is 0 Å². The number of nitrogens with one attached hydrogen (secondary N) is 1. The van der Waals surface area contributed by atoms with Gasteiger partial charge in [-0.2, -0.15) is 11.8 Å². The molecule has 0 saturated heterocycles. The SMILES string of the molecule is C=C(CC)NCCSC(C)CC. The summed E-state index contributed by atoms with van der Waals surface area (Å²) < 4.78 is 0. The summed E-state index contributed by atoms with van der Waals surface area (Å²) in [6.45, 7) is 11.6. The van der Waals surface area contributed by atoms with E-state index < -0.39 is 0 Å². The quantitative estimate of drug-likeness (QED) is 0.615. The van der Waals surface area contributed by atoms with Gasteiger partial charge in [-0.05, 0) is 12.8 Å². The van der Waals surface area contributed by atoms with Gasteiger partial charge in [-0.1, -0.05) is 27.4 Å². The van der Waals surface area contributed by atoms with Crippen LogP contribution in [0.2, 0.25) is 0 Å². The molecular formula is C10H21NS. The highest BCUT2D eigenvalue weighted by molar-refractivity contribution is 7.99. The lowest BCUT2D eigenvalue weighted by atomic mass is 10.4. The molecule has 0 amide bonds. The summed E-state index contributed by atoms with van der Waals surface area (Å²) in [6, 6.07) is 0. The molecule has 1 nitrogen and oxygen atoms in total. The monoisotopic (exact) mass is 187 g/mol. The second-order valence-electron chi connectivity index (χ2n) is 2.97. The summed E-state index contributed by atoms with van der Waals surface area (Å²) >= 11 is 2.03. The van der Waals surface area contributed by atoms with Gasteiger partial charge in [-0.3, -0.25) is 0 Å². The maximum absolute atomic E-state index is 3.89. The van der Waals surface area contributed by atoms with Crippen molar-refractivity contribution >= 4 is 11.8 Å². The minimum absolute atomic E-state index is 0.793. The van der Waals surface area contributed by atoms with Crippen molar-refractivity contribution in [3.63, 3.8) is 0 Å². The first-order chi connectivity index (χ1) is 5.70. The van der Waals surface area contributed by atoms with Crippen LogP contribution in [0.3, 0.4) is 0 Å². The molecule has 0 heterocycles. The molecule has 1 atom stereocenters. The fourth-order valence-electron chi connectivity index (χ4n) is 0.731. The molecule has 0 aromatic heterocycles. The fraction of sp³-hybridized carbons (Fsp3) is 0.800. The topological polar surface area (TPSA) is 12.0 Å². The van der Waals surface area contributed by atoms with Gasteiger partial charge in [0.2, 0.25) is 0 Å². The molecule has 0 aliphatic heterocycles. The van der Waals surface area contributed by atoms with E-state index in [4.69, 9.17) is 0 Å². The Morgan fingerprint density at radius 2 is 2.17 bits per heavy atom. The smallest absolute Gasteiger partial charge is 0.0234 e. The van der Waals surface area contributed by atoms with Crippen molar-refractivity contribution in [1.82, 2.24) is 5.32 Å². The van der Waals surface area contributed by atoms with Gasteiger partial charge in [0, 0.05) is 23.2 Å². The normalized spacial score (nSPS) is 12.6. The van der Waals surface area contributed by atoms with E-state index >= 15 is 0 Å². The number of hydrogen-bond acceptors (Lipinski definition) is 2. The van der Waals surface area contributed by atoms with Gasteiger partial charge >= 0.3 is 0 Å². The molecule has 0 radical (unpaired) electrons. The highest BCUT2D eigenvalue weighted by Crippen LogP contribution is 2.12. The Bertz CT molecular complexity index is 123. The Morgan fingerprint density at radius 3 is 2.67 bits per heavy atom. The predicted molar refractivity (Wildman–Crippen MR) is 59.6 cm³/mol.